The number of methoxy groups -OCH3 is 1. The second-order valence-electron chi connectivity index (χ2n) is 5.83. The number of carbonyl (C=O) groups is 2. The van der Waals surface area contributed by atoms with Gasteiger partial charge in [-0.15, -0.1) is 23.1 Å². The number of carboxylic acid groups (broad SMARTS) is 1. The average molecular weight is 341 g/mol. The van der Waals surface area contributed by atoms with Gasteiger partial charge < -0.3 is 14.7 Å². The van der Waals surface area contributed by atoms with Crippen LogP contribution in [0, 0.1) is 5.41 Å². The summed E-state index contributed by atoms with van der Waals surface area (Å²) < 4.78 is 5.09. The molecule has 0 aromatic carbocycles. The van der Waals surface area contributed by atoms with E-state index in [4.69, 9.17) is 4.74 Å². The summed E-state index contributed by atoms with van der Waals surface area (Å²) in [7, 11) is 1.50. The van der Waals surface area contributed by atoms with Gasteiger partial charge in [-0.2, -0.15) is 0 Å². The van der Waals surface area contributed by atoms with E-state index in [1.165, 1.54) is 12.0 Å². The monoisotopic (exact) mass is 341 g/mol. The molecule has 0 bridgehead atoms. The highest BCUT2D eigenvalue weighted by atomic mass is 32.2. The average Bonchev–Trinajstić information content (AvgIpc) is 3.13. The Labute approximate surface area is 137 Å². The number of thioether (sulfide) groups is 1. The zero-order valence-corrected chi connectivity index (χ0v) is 14.0. The van der Waals surface area contributed by atoms with Crippen molar-refractivity contribution in [3.8, 4) is 0 Å². The molecule has 3 rings (SSSR count). The topological polar surface area (TPSA) is 66.8 Å². The van der Waals surface area contributed by atoms with Crippen molar-refractivity contribution in [3.05, 3.63) is 21.9 Å². The Hall–Kier alpha value is -1.05. The third kappa shape index (κ3) is 2.66. The Bertz CT molecular complexity index is 588. The molecule has 0 spiro atoms. The first-order valence-corrected chi connectivity index (χ1v) is 9.19. The second kappa shape index (κ2) is 6.22. The molecule has 1 aromatic heterocycles. The fourth-order valence-corrected chi connectivity index (χ4v) is 5.58. The van der Waals surface area contributed by atoms with E-state index in [-0.39, 0.29) is 24.3 Å². The Kier molecular flexibility index (Phi) is 4.47. The standard InChI is InChI=1S/C15H19NO4S2/c1-20-9-15(14(18)19)4-5-16(8-15)13(17)12-10-2-6-21-11(10)3-7-22-12/h2,6,12H,3-5,7-9H2,1H3,(H,18,19). The van der Waals surface area contributed by atoms with Crippen LogP contribution in [0.1, 0.15) is 22.1 Å². The molecule has 2 unspecified atom stereocenters. The van der Waals surface area contributed by atoms with E-state index >= 15 is 0 Å². The maximum absolute atomic E-state index is 12.9. The van der Waals surface area contributed by atoms with Crippen molar-refractivity contribution in [2.45, 2.75) is 18.1 Å². The van der Waals surface area contributed by atoms with Crippen LogP contribution in [0.15, 0.2) is 11.4 Å². The van der Waals surface area contributed by atoms with E-state index in [9.17, 15) is 14.7 Å². The maximum Gasteiger partial charge on any atom is 0.313 e. The van der Waals surface area contributed by atoms with E-state index in [0.29, 0.717) is 13.0 Å². The minimum Gasteiger partial charge on any atom is -0.481 e. The summed E-state index contributed by atoms with van der Waals surface area (Å²) in [5, 5.41) is 11.4. The van der Waals surface area contributed by atoms with E-state index in [2.05, 4.69) is 0 Å². The highest BCUT2D eigenvalue weighted by Crippen LogP contribution is 2.42. The lowest BCUT2D eigenvalue weighted by molar-refractivity contribution is -0.151. The summed E-state index contributed by atoms with van der Waals surface area (Å²) >= 11 is 3.37. The molecular weight excluding hydrogens is 322 g/mol. The molecule has 5 nitrogen and oxygen atoms in total. The molecule has 2 aliphatic heterocycles. The molecule has 0 aliphatic carbocycles. The number of ether oxygens (including phenoxy) is 1. The number of thiophene rings is 1. The third-order valence-corrected chi connectivity index (χ3v) is 6.67. The molecule has 3 heterocycles. The van der Waals surface area contributed by atoms with E-state index in [1.54, 1.807) is 28.0 Å². The van der Waals surface area contributed by atoms with Gasteiger partial charge in [0.05, 0.1) is 6.61 Å². The molecular formula is C15H19NO4S2. The summed E-state index contributed by atoms with van der Waals surface area (Å²) in [5.74, 6) is 0.112. The van der Waals surface area contributed by atoms with E-state index < -0.39 is 11.4 Å². The number of hydrogen-bond donors (Lipinski definition) is 1. The van der Waals surface area contributed by atoms with Crippen LogP contribution in [-0.2, 0) is 20.7 Å². The summed E-state index contributed by atoms with van der Waals surface area (Å²) in [6, 6.07) is 2.03. The van der Waals surface area contributed by atoms with Crippen LogP contribution in [0.5, 0.6) is 0 Å². The van der Waals surface area contributed by atoms with Gasteiger partial charge in [-0.1, -0.05) is 0 Å². The molecule has 1 fully saturated rings. The predicted octanol–water partition coefficient (Wildman–Crippen LogP) is 2.03. The summed E-state index contributed by atoms with van der Waals surface area (Å²) in [5.41, 5.74) is 0.159. The van der Waals surface area contributed by atoms with E-state index in [1.807, 2.05) is 11.4 Å². The minimum absolute atomic E-state index is 0.0450. The fraction of sp³-hybridized carbons (Fsp3) is 0.600. The van der Waals surface area contributed by atoms with Crippen molar-refractivity contribution in [2.75, 3.05) is 32.6 Å². The van der Waals surface area contributed by atoms with Crippen LogP contribution in [0.2, 0.25) is 0 Å². The van der Waals surface area contributed by atoms with Crippen LogP contribution >= 0.6 is 23.1 Å². The van der Waals surface area contributed by atoms with Crippen molar-refractivity contribution < 1.29 is 19.4 Å². The van der Waals surface area contributed by atoms with Gasteiger partial charge in [-0.3, -0.25) is 9.59 Å². The van der Waals surface area contributed by atoms with Crippen LogP contribution in [0.25, 0.3) is 0 Å². The van der Waals surface area contributed by atoms with Crippen LogP contribution in [0.3, 0.4) is 0 Å². The molecule has 2 aliphatic rings. The van der Waals surface area contributed by atoms with Gasteiger partial charge >= 0.3 is 5.97 Å². The smallest absolute Gasteiger partial charge is 0.313 e. The molecule has 1 amide bonds. The molecule has 7 heteroatoms. The zero-order chi connectivity index (χ0) is 15.7. The van der Waals surface area contributed by atoms with Crippen molar-refractivity contribution in [2.24, 2.45) is 5.41 Å². The van der Waals surface area contributed by atoms with Gasteiger partial charge in [0.25, 0.3) is 0 Å². The molecule has 1 N–H and O–H groups in total. The van der Waals surface area contributed by atoms with Gasteiger partial charge in [0.2, 0.25) is 5.91 Å². The lowest BCUT2D eigenvalue weighted by Gasteiger charge is -2.28. The van der Waals surface area contributed by atoms with Crippen LogP contribution in [-0.4, -0.2) is 54.4 Å². The Morgan fingerprint density at radius 1 is 1.55 bits per heavy atom. The SMILES string of the molecule is COCC1(C(=O)O)CCN(C(=O)C2SCCc3sccc32)C1. The van der Waals surface area contributed by atoms with Crippen molar-refractivity contribution in [1.29, 1.82) is 0 Å². The first-order chi connectivity index (χ1) is 10.6. The summed E-state index contributed by atoms with van der Waals surface area (Å²) in [6.45, 7) is 0.879. The normalized spacial score (nSPS) is 27.7. The number of amides is 1. The number of aliphatic carboxylic acids is 1. The molecule has 0 saturated carbocycles. The molecule has 2 atom stereocenters. The molecule has 1 saturated heterocycles. The van der Waals surface area contributed by atoms with Crippen LogP contribution in [0.4, 0.5) is 0 Å². The maximum atomic E-state index is 12.9. The number of carbonyl (C=O) groups excluding carboxylic acids is 1. The summed E-state index contributed by atoms with van der Waals surface area (Å²) in [6.07, 6.45) is 1.47. The van der Waals surface area contributed by atoms with Crippen molar-refractivity contribution >= 4 is 35.0 Å². The Morgan fingerprint density at radius 2 is 2.36 bits per heavy atom. The van der Waals surface area contributed by atoms with Gasteiger partial charge in [0, 0.05) is 25.1 Å². The number of hydrogen-bond acceptors (Lipinski definition) is 5. The number of aryl methyl sites for hydroxylation is 1. The molecule has 120 valence electrons. The van der Waals surface area contributed by atoms with Gasteiger partial charge in [-0.05, 0) is 35.6 Å². The van der Waals surface area contributed by atoms with Crippen molar-refractivity contribution in [1.82, 2.24) is 4.90 Å². The quantitative estimate of drug-likeness (QED) is 0.908. The highest BCUT2D eigenvalue weighted by Gasteiger charge is 2.47. The zero-order valence-electron chi connectivity index (χ0n) is 12.4. The largest absolute Gasteiger partial charge is 0.481 e. The lowest BCUT2D eigenvalue weighted by atomic mass is 9.88. The van der Waals surface area contributed by atoms with Gasteiger partial charge in [0.15, 0.2) is 0 Å². The van der Waals surface area contributed by atoms with Gasteiger partial charge in [0.1, 0.15) is 10.7 Å². The fourth-order valence-electron chi connectivity index (χ4n) is 3.21. The number of carboxylic acids is 1. The molecule has 1 aromatic rings. The highest BCUT2D eigenvalue weighted by molar-refractivity contribution is 8.00. The van der Waals surface area contributed by atoms with Gasteiger partial charge in [-0.25, -0.2) is 0 Å². The van der Waals surface area contributed by atoms with E-state index in [0.717, 1.165) is 17.7 Å². The lowest BCUT2D eigenvalue weighted by Crippen LogP contribution is -2.41. The minimum atomic E-state index is -0.957. The predicted molar refractivity (Wildman–Crippen MR) is 86.4 cm³/mol. The first kappa shape index (κ1) is 15.8. The number of nitrogens with zero attached hydrogens (tertiary/aromatic N) is 1. The van der Waals surface area contributed by atoms with Crippen LogP contribution < -0.4 is 0 Å². The number of rotatable bonds is 4. The molecule has 22 heavy (non-hydrogen) atoms. The number of fused-ring (bicyclic) bond motifs is 1. The van der Waals surface area contributed by atoms with Crippen molar-refractivity contribution in [3.63, 3.8) is 0 Å². The third-order valence-electron chi connectivity index (χ3n) is 4.44. The molecule has 0 radical (unpaired) electrons. The second-order valence-corrected chi connectivity index (χ2v) is 8.04. The number of likely N-dealkylation sites (tertiary alicyclic amines) is 1. The summed E-state index contributed by atoms with van der Waals surface area (Å²) in [4.78, 5) is 27.4. The first-order valence-electron chi connectivity index (χ1n) is 7.26. The Balaban J connectivity index is 1.77. The Morgan fingerprint density at radius 3 is 3.09 bits per heavy atom.